The molecule has 15 heavy (non-hydrogen) atoms. The summed E-state index contributed by atoms with van der Waals surface area (Å²) in [7, 11) is 0. The van der Waals surface area contributed by atoms with E-state index < -0.39 is 5.41 Å². The maximum Gasteiger partial charge on any atom is 0.311 e. The first kappa shape index (κ1) is 12.2. The molecule has 0 aromatic heterocycles. The summed E-state index contributed by atoms with van der Waals surface area (Å²) in [5.74, 6) is 0.136. The Morgan fingerprint density at radius 1 is 1.33 bits per heavy atom. The van der Waals surface area contributed by atoms with E-state index in [4.69, 9.17) is 4.74 Å². The highest BCUT2D eigenvalue weighted by molar-refractivity contribution is 5.82. The smallest absolute Gasteiger partial charge is 0.311 e. The van der Waals surface area contributed by atoms with Crippen molar-refractivity contribution in [3.05, 3.63) is 0 Å². The summed E-state index contributed by atoms with van der Waals surface area (Å²) >= 11 is 0. The van der Waals surface area contributed by atoms with Crippen LogP contribution in [0.5, 0.6) is 0 Å². The maximum absolute atomic E-state index is 11.6. The first-order valence-corrected chi connectivity index (χ1v) is 5.54. The molecule has 0 radical (unpaired) electrons. The number of rotatable bonds is 1. The molecular formula is C12H20O3. The monoisotopic (exact) mass is 212 g/mol. The molecule has 0 aromatic carbocycles. The lowest BCUT2D eigenvalue weighted by Crippen LogP contribution is -2.33. The SMILES string of the molecule is C[C@H]1CC[C@@H](OC(=O)C(C)(C)C)CC1=O. The van der Waals surface area contributed by atoms with Gasteiger partial charge in [0, 0.05) is 12.3 Å². The van der Waals surface area contributed by atoms with Gasteiger partial charge in [-0.05, 0) is 33.6 Å². The van der Waals surface area contributed by atoms with E-state index in [1.165, 1.54) is 0 Å². The van der Waals surface area contributed by atoms with Crippen LogP contribution in [0.1, 0.15) is 47.0 Å². The molecule has 0 saturated heterocycles. The standard InChI is InChI=1S/C12H20O3/c1-8-5-6-9(7-10(8)13)15-11(14)12(2,3)4/h8-9H,5-7H2,1-4H3/t8-,9+/m0/s1. The van der Waals surface area contributed by atoms with E-state index in [0.29, 0.717) is 6.42 Å². The number of hydrogen-bond acceptors (Lipinski definition) is 3. The minimum Gasteiger partial charge on any atom is -0.462 e. The molecule has 2 atom stereocenters. The van der Waals surface area contributed by atoms with Gasteiger partial charge in [-0.1, -0.05) is 6.92 Å². The Morgan fingerprint density at radius 3 is 2.40 bits per heavy atom. The fraction of sp³-hybridized carbons (Fsp3) is 0.833. The molecule has 86 valence electrons. The molecule has 0 N–H and O–H groups in total. The zero-order valence-corrected chi connectivity index (χ0v) is 10.0. The van der Waals surface area contributed by atoms with Crippen LogP contribution in [0.4, 0.5) is 0 Å². The van der Waals surface area contributed by atoms with Crippen molar-refractivity contribution in [2.24, 2.45) is 11.3 Å². The third-order valence-electron chi connectivity index (χ3n) is 2.79. The molecule has 0 unspecified atom stereocenters. The molecule has 1 aliphatic carbocycles. The zero-order chi connectivity index (χ0) is 11.6. The quantitative estimate of drug-likeness (QED) is 0.626. The minimum absolute atomic E-state index is 0.134. The van der Waals surface area contributed by atoms with E-state index in [0.717, 1.165) is 12.8 Å². The van der Waals surface area contributed by atoms with Crippen LogP contribution in [-0.4, -0.2) is 17.9 Å². The number of ether oxygens (including phenoxy) is 1. The topological polar surface area (TPSA) is 43.4 Å². The molecule has 1 rings (SSSR count). The van der Waals surface area contributed by atoms with E-state index in [1.54, 1.807) is 0 Å². The first-order valence-electron chi connectivity index (χ1n) is 5.54. The highest BCUT2D eigenvalue weighted by Gasteiger charge is 2.31. The Bertz CT molecular complexity index is 263. The Kier molecular flexibility index (Phi) is 3.53. The van der Waals surface area contributed by atoms with Gasteiger partial charge in [-0.3, -0.25) is 9.59 Å². The predicted molar refractivity (Wildman–Crippen MR) is 57.4 cm³/mol. The average molecular weight is 212 g/mol. The third-order valence-corrected chi connectivity index (χ3v) is 2.79. The van der Waals surface area contributed by atoms with Crippen molar-refractivity contribution in [2.75, 3.05) is 0 Å². The van der Waals surface area contributed by atoms with Gasteiger partial charge in [-0.15, -0.1) is 0 Å². The Labute approximate surface area is 91.2 Å². The molecule has 1 saturated carbocycles. The van der Waals surface area contributed by atoms with Crippen LogP contribution < -0.4 is 0 Å². The fourth-order valence-electron chi connectivity index (χ4n) is 1.55. The highest BCUT2D eigenvalue weighted by Crippen LogP contribution is 2.25. The van der Waals surface area contributed by atoms with E-state index >= 15 is 0 Å². The van der Waals surface area contributed by atoms with Gasteiger partial charge in [0.05, 0.1) is 5.41 Å². The summed E-state index contributed by atoms with van der Waals surface area (Å²) in [6, 6.07) is 0. The van der Waals surface area contributed by atoms with E-state index in [1.807, 2.05) is 27.7 Å². The first-order chi connectivity index (χ1) is 6.80. The fourth-order valence-corrected chi connectivity index (χ4v) is 1.55. The highest BCUT2D eigenvalue weighted by atomic mass is 16.5. The normalized spacial score (nSPS) is 27.6. The molecule has 0 aliphatic heterocycles. The van der Waals surface area contributed by atoms with Gasteiger partial charge in [0.1, 0.15) is 11.9 Å². The zero-order valence-electron chi connectivity index (χ0n) is 10.0. The van der Waals surface area contributed by atoms with Crippen molar-refractivity contribution in [1.29, 1.82) is 0 Å². The summed E-state index contributed by atoms with van der Waals surface area (Å²) in [4.78, 5) is 23.0. The van der Waals surface area contributed by atoms with Crippen LogP contribution >= 0.6 is 0 Å². The molecule has 0 aromatic rings. The van der Waals surface area contributed by atoms with Crippen molar-refractivity contribution >= 4 is 11.8 Å². The van der Waals surface area contributed by atoms with E-state index in [2.05, 4.69) is 0 Å². The summed E-state index contributed by atoms with van der Waals surface area (Å²) in [6.45, 7) is 7.40. The van der Waals surface area contributed by atoms with Crippen molar-refractivity contribution in [1.82, 2.24) is 0 Å². The van der Waals surface area contributed by atoms with Gasteiger partial charge >= 0.3 is 5.97 Å². The van der Waals surface area contributed by atoms with Crippen LogP contribution in [0.3, 0.4) is 0 Å². The van der Waals surface area contributed by atoms with Crippen molar-refractivity contribution in [3.63, 3.8) is 0 Å². The number of carbonyl (C=O) groups is 2. The van der Waals surface area contributed by atoms with Gasteiger partial charge in [-0.25, -0.2) is 0 Å². The number of hydrogen-bond donors (Lipinski definition) is 0. The van der Waals surface area contributed by atoms with Crippen LogP contribution in [0.2, 0.25) is 0 Å². The lowest BCUT2D eigenvalue weighted by molar-refractivity contribution is -0.161. The van der Waals surface area contributed by atoms with Crippen molar-refractivity contribution in [3.8, 4) is 0 Å². The molecule has 3 nitrogen and oxygen atoms in total. The number of ketones is 1. The van der Waals surface area contributed by atoms with Crippen molar-refractivity contribution in [2.45, 2.75) is 53.1 Å². The van der Waals surface area contributed by atoms with Gasteiger partial charge in [0.15, 0.2) is 0 Å². The predicted octanol–water partition coefficient (Wildman–Crippen LogP) is 2.33. The third kappa shape index (κ3) is 3.33. The largest absolute Gasteiger partial charge is 0.462 e. The summed E-state index contributed by atoms with van der Waals surface area (Å²) in [5.41, 5.74) is -0.480. The summed E-state index contributed by atoms with van der Waals surface area (Å²) in [5, 5.41) is 0. The van der Waals surface area contributed by atoms with E-state index in [-0.39, 0.29) is 23.8 Å². The molecule has 1 aliphatic rings. The molecule has 0 heterocycles. The second-order valence-corrected chi connectivity index (χ2v) is 5.43. The van der Waals surface area contributed by atoms with Crippen LogP contribution in [0, 0.1) is 11.3 Å². The minimum atomic E-state index is -0.480. The van der Waals surface area contributed by atoms with Gasteiger partial charge in [0.25, 0.3) is 0 Å². The van der Waals surface area contributed by atoms with Gasteiger partial charge in [0.2, 0.25) is 0 Å². The molecule has 0 spiro atoms. The Hall–Kier alpha value is -0.860. The summed E-state index contributed by atoms with van der Waals surface area (Å²) in [6.07, 6.45) is 1.85. The molecular weight excluding hydrogens is 192 g/mol. The lowest BCUT2D eigenvalue weighted by atomic mass is 9.87. The molecule has 0 amide bonds. The average Bonchev–Trinajstić information content (AvgIpc) is 2.10. The Morgan fingerprint density at radius 2 is 1.93 bits per heavy atom. The van der Waals surface area contributed by atoms with Gasteiger partial charge < -0.3 is 4.74 Å². The molecule has 3 heteroatoms. The lowest BCUT2D eigenvalue weighted by Gasteiger charge is -2.27. The van der Waals surface area contributed by atoms with E-state index in [9.17, 15) is 9.59 Å². The molecule has 0 bridgehead atoms. The second-order valence-electron chi connectivity index (χ2n) is 5.43. The molecule has 1 fully saturated rings. The van der Waals surface area contributed by atoms with Crippen LogP contribution in [-0.2, 0) is 14.3 Å². The number of Topliss-reactive ketones (excluding diaryl/α,β-unsaturated/α-hetero) is 1. The number of carbonyl (C=O) groups excluding carboxylic acids is 2. The van der Waals surface area contributed by atoms with Crippen LogP contribution in [0.25, 0.3) is 0 Å². The van der Waals surface area contributed by atoms with Crippen molar-refractivity contribution < 1.29 is 14.3 Å². The van der Waals surface area contributed by atoms with Crippen LogP contribution in [0.15, 0.2) is 0 Å². The Balaban J connectivity index is 2.47. The second kappa shape index (κ2) is 4.33. The van der Waals surface area contributed by atoms with Gasteiger partial charge in [-0.2, -0.15) is 0 Å². The summed E-state index contributed by atoms with van der Waals surface area (Å²) < 4.78 is 5.31. The maximum atomic E-state index is 11.6. The number of esters is 1.